The summed E-state index contributed by atoms with van der Waals surface area (Å²) < 4.78 is 18.3. The molecule has 20 heavy (non-hydrogen) atoms. The summed E-state index contributed by atoms with van der Waals surface area (Å²) in [4.78, 5) is 19.5. The number of H-pyrrole nitrogens is 1. The molecule has 4 nitrogen and oxygen atoms in total. The highest BCUT2D eigenvalue weighted by Gasteiger charge is 2.26. The van der Waals surface area contributed by atoms with Gasteiger partial charge >= 0.3 is 5.97 Å². The highest BCUT2D eigenvalue weighted by molar-refractivity contribution is 5.80. The van der Waals surface area contributed by atoms with Gasteiger partial charge in [0.1, 0.15) is 17.6 Å². The van der Waals surface area contributed by atoms with Crippen molar-refractivity contribution in [2.45, 2.75) is 33.1 Å². The molecule has 108 valence electrons. The molecular formula is C15H19FN2O2. The van der Waals surface area contributed by atoms with Crippen LogP contribution in [0.1, 0.15) is 38.9 Å². The molecule has 0 amide bonds. The Balaban J connectivity index is 2.36. The fraction of sp³-hybridized carbons (Fsp3) is 0.467. The summed E-state index contributed by atoms with van der Waals surface area (Å²) in [6, 6.07) is 4.33. The van der Waals surface area contributed by atoms with E-state index in [0.29, 0.717) is 35.8 Å². The van der Waals surface area contributed by atoms with Crippen LogP contribution in [0.15, 0.2) is 18.2 Å². The minimum absolute atomic E-state index is 0.291. The Morgan fingerprint density at radius 1 is 1.45 bits per heavy atom. The van der Waals surface area contributed by atoms with E-state index in [1.54, 1.807) is 13.0 Å². The fourth-order valence-electron chi connectivity index (χ4n) is 2.20. The van der Waals surface area contributed by atoms with E-state index in [2.05, 4.69) is 9.97 Å². The van der Waals surface area contributed by atoms with Crippen molar-refractivity contribution in [3.05, 3.63) is 29.8 Å². The Kier molecular flexibility index (Phi) is 4.37. The largest absolute Gasteiger partial charge is 0.465 e. The Hall–Kier alpha value is -1.91. The zero-order valence-electron chi connectivity index (χ0n) is 11.9. The van der Waals surface area contributed by atoms with E-state index < -0.39 is 5.92 Å². The van der Waals surface area contributed by atoms with E-state index in [1.165, 1.54) is 12.1 Å². The highest BCUT2D eigenvalue weighted by Crippen LogP contribution is 2.25. The molecule has 0 fully saturated rings. The Bertz CT molecular complexity index is 607. The summed E-state index contributed by atoms with van der Waals surface area (Å²) in [5.41, 5.74) is 1.25. The number of ether oxygens (including phenoxy) is 1. The lowest BCUT2D eigenvalue weighted by Crippen LogP contribution is -2.19. The third kappa shape index (κ3) is 3.15. The van der Waals surface area contributed by atoms with Gasteiger partial charge in [-0.15, -0.1) is 0 Å². The van der Waals surface area contributed by atoms with E-state index in [9.17, 15) is 9.18 Å². The molecule has 0 aliphatic rings. The molecule has 5 heteroatoms. The molecule has 1 N–H and O–H groups in total. The molecule has 1 heterocycles. The van der Waals surface area contributed by atoms with E-state index in [0.717, 1.165) is 0 Å². The van der Waals surface area contributed by atoms with Crippen molar-refractivity contribution in [3.63, 3.8) is 0 Å². The average molecular weight is 278 g/mol. The number of aromatic amines is 1. The first-order valence-electron chi connectivity index (χ1n) is 6.83. The predicted molar refractivity (Wildman–Crippen MR) is 74.9 cm³/mol. The number of rotatable bonds is 5. The van der Waals surface area contributed by atoms with Crippen LogP contribution in [-0.4, -0.2) is 22.5 Å². The van der Waals surface area contributed by atoms with Crippen LogP contribution in [0.2, 0.25) is 0 Å². The molecule has 0 aliphatic heterocycles. The number of benzene rings is 1. The van der Waals surface area contributed by atoms with Crippen molar-refractivity contribution in [3.8, 4) is 0 Å². The lowest BCUT2D eigenvalue weighted by atomic mass is 9.96. The first-order chi connectivity index (χ1) is 9.51. The number of nitrogens with zero attached hydrogens (tertiary/aromatic N) is 1. The zero-order valence-corrected chi connectivity index (χ0v) is 11.9. The van der Waals surface area contributed by atoms with Crippen molar-refractivity contribution in [2.24, 2.45) is 5.92 Å². The number of hydrogen-bond acceptors (Lipinski definition) is 3. The van der Waals surface area contributed by atoms with E-state index in [-0.39, 0.29) is 11.8 Å². The fourth-order valence-corrected chi connectivity index (χ4v) is 2.20. The van der Waals surface area contributed by atoms with Crippen LogP contribution in [0.4, 0.5) is 4.39 Å². The SMILES string of the molecule is CCOC(=O)C(CC(C)C)c1nc2ccc(F)cc2[nH]1. The van der Waals surface area contributed by atoms with Gasteiger partial charge in [0, 0.05) is 0 Å². The van der Waals surface area contributed by atoms with Crippen molar-refractivity contribution in [2.75, 3.05) is 6.61 Å². The van der Waals surface area contributed by atoms with Crippen molar-refractivity contribution < 1.29 is 13.9 Å². The number of nitrogens with one attached hydrogen (secondary N) is 1. The minimum atomic E-state index is -0.439. The first-order valence-corrected chi connectivity index (χ1v) is 6.83. The monoisotopic (exact) mass is 278 g/mol. The molecule has 0 saturated carbocycles. The van der Waals surface area contributed by atoms with Gasteiger partial charge in [-0.1, -0.05) is 13.8 Å². The van der Waals surface area contributed by atoms with Gasteiger partial charge in [0.15, 0.2) is 0 Å². The van der Waals surface area contributed by atoms with Crippen LogP contribution in [0.5, 0.6) is 0 Å². The lowest BCUT2D eigenvalue weighted by Gasteiger charge is -2.15. The standard InChI is InChI=1S/C15H19FN2O2/c1-4-20-15(19)11(7-9(2)3)14-17-12-6-5-10(16)8-13(12)18-14/h5-6,8-9,11H,4,7H2,1-3H3,(H,17,18). The second-order valence-electron chi connectivity index (χ2n) is 5.22. The zero-order chi connectivity index (χ0) is 14.7. The number of hydrogen-bond donors (Lipinski definition) is 1. The maximum atomic E-state index is 13.2. The number of fused-ring (bicyclic) bond motifs is 1. The van der Waals surface area contributed by atoms with Crippen LogP contribution in [0.3, 0.4) is 0 Å². The summed E-state index contributed by atoms with van der Waals surface area (Å²) in [6.07, 6.45) is 0.640. The van der Waals surface area contributed by atoms with Crippen LogP contribution in [0, 0.1) is 11.7 Å². The molecular weight excluding hydrogens is 259 g/mol. The molecule has 0 spiro atoms. The number of carbonyl (C=O) groups is 1. The number of imidazole rings is 1. The molecule has 1 aromatic heterocycles. The summed E-state index contributed by atoms with van der Waals surface area (Å²) in [7, 11) is 0. The highest BCUT2D eigenvalue weighted by atomic mass is 19.1. The number of aromatic nitrogens is 2. The van der Waals surface area contributed by atoms with Crippen LogP contribution in [-0.2, 0) is 9.53 Å². The number of esters is 1. The van der Waals surface area contributed by atoms with Crippen molar-refractivity contribution in [1.29, 1.82) is 0 Å². The number of halogens is 1. The quantitative estimate of drug-likeness (QED) is 0.853. The molecule has 0 saturated heterocycles. The van der Waals surface area contributed by atoms with Gasteiger partial charge in [-0.2, -0.15) is 0 Å². The molecule has 0 aliphatic carbocycles. The minimum Gasteiger partial charge on any atom is -0.465 e. The molecule has 1 unspecified atom stereocenters. The topological polar surface area (TPSA) is 55.0 Å². The van der Waals surface area contributed by atoms with Crippen molar-refractivity contribution in [1.82, 2.24) is 9.97 Å². The van der Waals surface area contributed by atoms with Gasteiger partial charge in [0.25, 0.3) is 0 Å². The normalized spacial score (nSPS) is 12.8. The lowest BCUT2D eigenvalue weighted by molar-refractivity contribution is -0.145. The first kappa shape index (κ1) is 14.5. The maximum absolute atomic E-state index is 13.2. The Labute approximate surface area is 117 Å². The summed E-state index contributed by atoms with van der Waals surface area (Å²) in [5.74, 6) is -0.192. The van der Waals surface area contributed by atoms with Gasteiger partial charge in [0.05, 0.1) is 17.6 Å². The predicted octanol–water partition coefficient (Wildman–Crippen LogP) is 3.39. The maximum Gasteiger partial charge on any atom is 0.316 e. The summed E-state index contributed by atoms with van der Waals surface area (Å²) in [5, 5.41) is 0. The van der Waals surface area contributed by atoms with Gasteiger partial charge in [0.2, 0.25) is 0 Å². The molecule has 0 radical (unpaired) electrons. The van der Waals surface area contributed by atoms with Gasteiger partial charge in [-0.05, 0) is 37.5 Å². The second-order valence-corrected chi connectivity index (χ2v) is 5.22. The second kappa shape index (κ2) is 6.03. The average Bonchev–Trinajstić information content (AvgIpc) is 2.78. The van der Waals surface area contributed by atoms with Crippen molar-refractivity contribution >= 4 is 17.0 Å². The molecule has 1 atom stereocenters. The smallest absolute Gasteiger partial charge is 0.316 e. The summed E-state index contributed by atoms with van der Waals surface area (Å²) in [6.45, 7) is 6.18. The van der Waals surface area contributed by atoms with Crippen LogP contribution >= 0.6 is 0 Å². The molecule has 0 bridgehead atoms. The van der Waals surface area contributed by atoms with Gasteiger partial charge < -0.3 is 9.72 Å². The third-order valence-electron chi connectivity index (χ3n) is 3.07. The van der Waals surface area contributed by atoms with E-state index in [4.69, 9.17) is 4.74 Å². The Morgan fingerprint density at radius 2 is 2.20 bits per heavy atom. The van der Waals surface area contributed by atoms with E-state index in [1.807, 2.05) is 13.8 Å². The van der Waals surface area contributed by atoms with Gasteiger partial charge in [-0.25, -0.2) is 9.37 Å². The van der Waals surface area contributed by atoms with Crippen LogP contribution < -0.4 is 0 Å². The molecule has 1 aromatic carbocycles. The van der Waals surface area contributed by atoms with Gasteiger partial charge in [-0.3, -0.25) is 4.79 Å². The molecule has 2 aromatic rings. The third-order valence-corrected chi connectivity index (χ3v) is 3.07. The van der Waals surface area contributed by atoms with E-state index >= 15 is 0 Å². The number of carbonyl (C=O) groups excluding carboxylic acids is 1. The van der Waals surface area contributed by atoms with Crippen LogP contribution in [0.25, 0.3) is 11.0 Å². The Morgan fingerprint density at radius 3 is 2.85 bits per heavy atom. The molecule has 2 rings (SSSR count). The summed E-state index contributed by atoms with van der Waals surface area (Å²) >= 11 is 0.